The van der Waals surface area contributed by atoms with Crippen LogP contribution < -0.4 is 10.6 Å². The zero-order chi connectivity index (χ0) is 17.0. The zero-order valence-corrected chi connectivity index (χ0v) is 14.9. The Morgan fingerprint density at radius 3 is 2.61 bits per heavy atom. The van der Waals surface area contributed by atoms with Crippen LogP contribution in [0.25, 0.3) is 0 Å². The summed E-state index contributed by atoms with van der Waals surface area (Å²) in [6.45, 7) is 3.71. The summed E-state index contributed by atoms with van der Waals surface area (Å²) in [5.74, 6) is -0.369. The molecule has 0 aliphatic heterocycles. The van der Waals surface area contributed by atoms with E-state index < -0.39 is 0 Å². The molecule has 0 saturated heterocycles. The van der Waals surface area contributed by atoms with Crippen LogP contribution in [-0.2, 0) is 16.0 Å². The van der Waals surface area contributed by atoms with E-state index in [1.54, 1.807) is 11.9 Å². The molecule has 2 amide bonds. The summed E-state index contributed by atoms with van der Waals surface area (Å²) in [5.41, 5.74) is 6.88. The molecule has 1 aromatic carbocycles. The highest BCUT2D eigenvalue weighted by Gasteiger charge is 2.22. The predicted molar refractivity (Wildman–Crippen MR) is 94.9 cm³/mol. The lowest BCUT2D eigenvalue weighted by Crippen LogP contribution is -2.33. The number of benzene rings is 1. The van der Waals surface area contributed by atoms with E-state index in [2.05, 4.69) is 4.98 Å². The third-order valence-corrected chi connectivity index (χ3v) is 5.65. The SMILES string of the molecule is Cc1nc(S[C@H](C)C(=O)N(C)c2ccccc2)sc1CC(N)=O. The molecule has 1 aromatic heterocycles. The number of thiazole rings is 1. The number of aryl methyl sites for hydroxylation is 1. The van der Waals surface area contributed by atoms with Gasteiger partial charge >= 0.3 is 0 Å². The summed E-state index contributed by atoms with van der Waals surface area (Å²) in [5, 5.41) is -0.271. The largest absolute Gasteiger partial charge is 0.369 e. The molecular weight excluding hydrogens is 330 g/mol. The van der Waals surface area contributed by atoms with Crippen molar-refractivity contribution in [3.8, 4) is 0 Å². The Bertz CT molecular complexity index is 701. The van der Waals surface area contributed by atoms with E-state index in [4.69, 9.17) is 5.73 Å². The lowest BCUT2D eigenvalue weighted by molar-refractivity contribution is -0.118. The Balaban J connectivity index is 2.05. The van der Waals surface area contributed by atoms with Crippen LogP contribution in [0.1, 0.15) is 17.5 Å². The van der Waals surface area contributed by atoms with Gasteiger partial charge in [-0.3, -0.25) is 9.59 Å². The van der Waals surface area contributed by atoms with E-state index in [-0.39, 0.29) is 23.5 Å². The van der Waals surface area contributed by atoms with Crippen molar-refractivity contribution in [1.29, 1.82) is 0 Å². The number of para-hydroxylation sites is 1. The predicted octanol–water partition coefficient (Wildman–Crippen LogP) is 2.62. The van der Waals surface area contributed by atoms with Crippen molar-refractivity contribution in [3.63, 3.8) is 0 Å². The van der Waals surface area contributed by atoms with Crippen LogP contribution in [0.4, 0.5) is 5.69 Å². The van der Waals surface area contributed by atoms with Crippen LogP contribution in [0.5, 0.6) is 0 Å². The Kier molecular flexibility index (Phi) is 5.79. The Labute approximate surface area is 143 Å². The van der Waals surface area contributed by atoms with E-state index in [1.165, 1.54) is 23.1 Å². The smallest absolute Gasteiger partial charge is 0.240 e. The van der Waals surface area contributed by atoms with Crippen molar-refractivity contribution in [2.75, 3.05) is 11.9 Å². The summed E-state index contributed by atoms with van der Waals surface area (Å²) >= 11 is 2.82. The highest BCUT2D eigenvalue weighted by atomic mass is 32.2. The quantitative estimate of drug-likeness (QED) is 0.813. The average Bonchev–Trinajstić information content (AvgIpc) is 2.85. The summed E-state index contributed by atoms with van der Waals surface area (Å²) in [6, 6.07) is 9.51. The molecule has 5 nitrogen and oxygen atoms in total. The lowest BCUT2D eigenvalue weighted by atomic mass is 10.3. The minimum atomic E-state index is -0.374. The fourth-order valence-corrected chi connectivity index (χ4v) is 4.51. The normalized spacial score (nSPS) is 12.0. The molecule has 122 valence electrons. The maximum atomic E-state index is 12.5. The number of carbonyl (C=O) groups is 2. The van der Waals surface area contributed by atoms with E-state index >= 15 is 0 Å². The number of rotatable bonds is 6. The second-order valence-corrected chi connectivity index (χ2v) is 7.80. The van der Waals surface area contributed by atoms with Crippen molar-refractivity contribution in [2.24, 2.45) is 5.73 Å². The molecular formula is C16H19N3O2S2. The second-order valence-electron chi connectivity index (χ2n) is 5.12. The van der Waals surface area contributed by atoms with E-state index in [0.29, 0.717) is 0 Å². The third-order valence-electron chi connectivity index (χ3n) is 3.31. The number of anilines is 1. The van der Waals surface area contributed by atoms with Gasteiger partial charge in [-0.15, -0.1) is 11.3 Å². The number of hydrogen-bond donors (Lipinski definition) is 1. The first-order valence-corrected chi connectivity index (χ1v) is 8.82. The molecule has 1 heterocycles. The lowest BCUT2D eigenvalue weighted by Gasteiger charge is -2.20. The molecule has 2 rings (SSSR count). The van der Waals surface area contributed by atoms with Crippen molar-refractivity contribution in [3.05, 3.63) is 40.9 Å². The van der Waals surface area contributed by atoms with Crippen molar-refractivity contribution in [1.82, 2.24) is 4.98 Å². The van der Waals surface area contributed by atoms with Crippen molar-refractivity contribution >= 4 is 40.6 Å². The minimum Gasteiger partial charge on any atom is -0.369 e. The molecule has 23 heavy (non-hydrogen) atoms. The summed E-state index contributed by atoms with van der Waals surface area (Å²) < 4.78 is 0.779. The molecule has 1 atom stereocenters. The molecule has 2 N–H and O–H groups in total. The highest BCUT2D eigenvalue weighted by molar-refractivity contribution is 8.02. The average molecular weight is 349 g/mol. The fraction of sp³-hybridized carbons (Fsp3) is 0.312. The summed E-state index contributed by atoms with van der Waals surface area (Å²) in [6.07, 6.45) is 0.191. The van der Waals surface area contributed by atoms with Crippen LogP contribution in [0, 0.1) is 6.92 Å². The van der Waals surface area contributed by atoms with Gasteiger partial charge in [-0.05, 0) is 26.0 Å². The third kappa shape index (κ3) is 4.56. The first kappa shape index (κ1) is 17.5. The number of carbonyl (C=O) groups excluding carboxylic acids is 2. The summed E-state index contributed by atoms with van der Waals surface area (Å²) in [7, 11) is 1.76. The zero-order valence-electron chi connectivity index (χ0n) is 13.3. The van der Waals surface area contributed by atoms with Crippen LogP contribution in [0.3, 0.4) is 0 Å². The topological polar surface area (TPSA) is 76.3 Å². The molecule has 2 aromatic rings. The van der Waals surface area contributed by atoms with Crippen LogP contribution in [0.2, 0.25) is 0 Å². The van der Waals surface area contributed by atoms with Crippen LogP contribution in [0.15, 0.2) is 34.7 Å². The van der Waals surface area contributed by atoms with Gasteiger partial charge < -0.3 is 10.6 Å². The first-order chi connectivity index (χ1) is 10.9. The Morgan fingerprint density at radius 2 is 2.00 bits per heavy atom. The number of thioether (sulfide) groups is 1. The number of nitrogens with zero attached hydrogens (tertiary/aromatic N) is 2. The monoisotopic (exact) mass is 349 g/mol. The highest BCUT2D eigenvalue weighted by Crippen LogP contribution is 2.31. The van der Waals surface area contributed by atoms with Crippen LogP contribution >= 0.6 is 23.1 Å². The van der Waals surface area contributed by atoms with E-state index in [0.717, 1.165) is 20.6 Å². The molecule has 0 aliphatic rings. The van der Waals surface area contributed by atoms with Gasteiger partial charge in [-0.2, -0.15) is 0 Å². The van der Waals surface area contributed by atoms with Gasteiger partial charge in [0, 0.05) is 17.6 Å². The molecule has 0 saturated carbocycles. The van der Waals surface area contributed by atoms with Gasteiger partial charge in [-0.25, -0.2) is 4.98 Å². The molecule has 0 unspecified atom stereocenters. The second kappa shape index (κ2) is 7.61. The van der Waals surface area contributed by atoms with Gasteiger partial charge in [0.15, 0.2) is 4.34 Å². The number of hydrogen-bond acceptors (Lipinski definition) is 5. The fourth-order valence-electron chi connectivity index (χ4n) is 2.03. The first-order valence-electron chi connectivity index (χ1n) is 7.12. The minimum absolute atomic E-state index is 0.00510. The number of primary amides is 1. The molecule has 0 fully saturated rings. The van der Waals surface area contributed by atoms with Gasteiger partial charge in [0.2, 0.25) is 11.8 Å². The van der Waals surface area contributed by atoms with Gasteiger partial charge in [0.05, 0.1) is 17.4 Å². The number of aromatic nitrogens is 1. The Morgan fingerprint density at radius 1 is 1.35 bits per heavy atom. The van der Waals surface area contributed by atoms with Gasteiger partial charge in [0.25, 0.3) is 0 Å². The maximum absolute atomic E-state index is 12.5. The van der Waals surface area contributed by atoms with Gasteiger partial charge in [0.1, 0.15) is 0 Å². The van der Waals surface area contributed by atoms with E-state index in [1.807, 2.05) is 44.2 Å². The molecule has 7 heteroatoms. The molecule has 0 radical (unpaired) electrons. The van der Waals surface area contributed by atoms with Crippen molar-refractivity contribution < 1.29 is 9.59 Å². The standard InChI is InChI=1S/C16H19N3O2S2/c1-10-13(9-14(17)20)23-16(18-10)22-11(2)15(21)19(3)12-7-5-4-6-8-12/h4-8,11H,9H2,1-3H3,(H2,17,20)/t11-/m1/s1. The maximum Gasteiger partial charge on any atom is 0.240 e. The molecule has 0 aliphatic carbocycles. The van der Waals surface area contributed by atoms with Crippen molar-refractivity contribution in [2.45, 2.75) is 29.9 Å². The number of nitrogens with two attached hydrogens (primary N) is 1. The molecule has 0 bridgehead atoms. The van der Waals surface area contributed by atoms with Crippen LogP contribution in [-0.4, -0.2) is 29.1 Å². The van der Waals surface area contributed by atoms with E-state index in [9.17, 15) is 9.59 Å². The Hall–Kier alpha value is -1.86. The van der Waals surface area contributed by atoms with Gasteiger partial charge in [-0.1, -0.05) is 30.0 Å². The summed E-state index contributed by atoms with van der Waals surface area (Å²) in [4.78, 5) is 30.5. The number of amides is 2. The molecule has 0 spiro atoms.